The van der Waals surface area contributed by atoms with Crippen LogP contribution in [0.25, 0.3) is 21.5 Å². The van der Waals surface area contributed by atoms with Crippen LogP contribution in [0.5, 0.6) is 0 Å². The molecule has 6 nitrogen and oxygen atoms in total. The van der Waals surface area contributed by atoms with Gasteiger partial charge >= 0.3 is 0 Å². The second-order valence-electron chi connectivity index (χ2n) is 9.26. The fourth-order valence-corrected chi connectivity index (χ4v) is 4.10. The molecular weight excluding hydrogens is 440 g/mol. The van der Waals surface area contributed by atoms with Gasteiger partial charge in [0.25, 0.3) is 0 Å². The molecule has 4 rings (SSSR count). The summed E-state index contributed by atoms with van der Waals surface area (Å²) in [7, 11) is 0. The molecule has 0 heterocycles. The molecule has 0 aliphatic rings. The molecule has 6 heteroatoms. The summed E-state index contributed by atoms with van der Waals surface area (Å²) in [6, 6.07) is 25.8. The number of hydrogen-bond donors (Lipinski definition) is 4. The number of carbonyl (C=O) groups is 2. The molecular formula is C29H30N2O4. The quantitative estimate of drug-likeness (QED) is 0.292. The number of aliphatic hydroxyl groups excluding tert-OH is 2. The molecule has 2 amide bonds. The Hall–Kier alpha value is -3.74. The predicted molar refractivity (Wildman–Crippen MR) is 138 cm³/mol. The third-order valence-corrected chi connectivity index (χ3v) is 6.46. The van der Waals surface area contributed by atoms with E-state index in [9.17, 15) is 19.8 Å². The summed E-state index contributed by atoms with van der Waals surface area (Å²) in [6.45, 7) is 2.44. The van der Waals surface area contributed by atoms with E-state index < -0.39 is 29.3 Å². The molecule has 2 atom stereocenters. The molecule has 0 aliphatic carbocycles. The zero-order chi connectivity index (χ0) is 25.0. The molecule has 0 aromatic heterocycles. The number of hydrogen-bond acceptors (Lipinski definition) is 4. The van der Waals surface area contributed by atoms with Crippen LogP contribution in [-0.4, -0.2) is 35.2 Å². The maximum Gasteiger partial charge on any atom is 0.235 e. The Labute approximate surface area is 204 Å². The molecule has 0 aliphatic heterocycles. The first-order valence-electron chi connectivity index (χ1n) is 11.6. The Bertz CT molecular complexity index is 1260. The summed E-state index contributed by atoms with van der Waals surface area (Å²) in [5.41, 5.74) is 0.0643. The molecule has 4 aromatic rings. The lowest BCUT2D eigenvalue weighted by Crippen LogP contribution is -2.50. The third kappa shape index (κ3) is 5.19. The van der Waals surface area contributed by atoms with Crippen LogP contribution in [0.4, 0.5) is 0 Å². The first-order chi connectivity index (χ1) is 16.8. The van der Waals surface area contributed by atoms with E-state index in [1.807, 2.05) is 84.9 Å². The number of carbonyl (C=O) groups excluding carboxylic acids is 2. The van der Waals surface area contributed by atoms with Crippen molar-refractivity contribution in [1.29, 1.82) is 0 Å². The number of rotatable bonds is 8. The second-order valence-corrected chi connectivity index (χ2v) is 9.26. The molecule has 35 heavy (non-hydrogen) atoms. The minimum absolute atomic E-state index is 0.307. The van der Waals surface area contributed by atoms with Crippen LogP contribution < -0.4 is 10.6 Å². The maximum atomic E-state index is 13.1. The van der Waals surface area contributed by atoms with Gasteiger partial charge in [-0.3, -0.25) is 9.59 Å². The molecule has 180 valence electrons. The van der Waals surface area contributed by atoms with Crippen molar-refractivity contribution < 1.29 is 19.8 Å². The van der Waals surface area contributed by atoms with Crippen molar-refractivity contribution in [1.82, 2.24) is 10.6 Å². The topological polar surface area (TPSA) is 98.7 Å². The summed E-state index contributed by atoms with van der Waals surface area (Å²) >= 11 is 0. The Morgan fingerprint density at radius 2 is 1.03 bits per heavy atom. The van der Waals surface area contributed by atoms with Gasteiger partial charge in [0.15, 0.2) is 0 Å². The highest BCUT2D eigenvalue weighted by atomic mass is 16.3. The Balaban J connectivity index is 1.49. The summed E-state index contributed by atoms with van der Waals surface area (Å²) in [5.74, 6) is -1.03. The normalized spacial score (nSPS) is 13.4. The van der Waals surface area contributed by atoms with Crippen LogP contribution in [0.3, 0.4) is 0 Å². The molecule has 0 saturated carbocycles. The standard InChI is InChI=1S/C29H30N2O4/c1-29(2,27(34)30-25(17-32)23-13-11-19-7-3-5-9-21(19)15-23)28(35)31-26(18-33)24-14-12-20-8-4-6-10-22(20)16-24/h3-16,25-26,32-33H,17-18H2,1-2H3,(H,30,34)(H,31,35)/t25-,26-/m1/s1. The number of nitrogens with one attached hydrogen (secondary N) is 2. The van der Waals surface area contributed by atoms with Crippen molar-refractivity contribution in [3.05, 3.63) is 96.1 Å². The van der Waals surface area contributed by atoms with Crippen LogP contribution in [0.2, 0.25) is 0 Å². The van der Waals surface area contributed by atoms with Crippen LogP contribution in [0.1, 0.15) is 37.1 Å². The van der Waals surface area contributed by atoms with Crippen molar-refractivity contribution in [2.75, 3.05) is 13.2 Å². The Morgan fingerprint density at radius 3 is 1.40 bits per heavy atom. The van der Waals surface area contributed by atoms with Crippen LogP contribution >= 0.6 is 0 Å². The van der Waals surface area contributed by atoms with Crippen molar-refractivity contribution in [2.24, 2.45) is 5.41 Å². The van der Waals surface area contributed by atoms with E-state index >= 15 is 0 Å². The number of fused-ring (bicyclic) bond motifs is 2. The van der Waals surface area contributed by atoms with Crippen LogP contribution in [0.15, 0.2) is 84.9 Å². The van der Waals surface area contributed by atoms with E-state index in [1.54, 1.807) is 0 Å². The molecule has 0 radical (unpaired) electrons. The van der Waals surface area contributed by atoms with Gasteiger partial charge in [-0.2, -0.15) is 0 Å². The van der Waals surface area contributed by atoms with E-state index in [0.29, 0.717) is 0 Å². The number of aliphatic hydroxyl groups is 2. The summed E-state index contributed by atoms with van der Waals surface area (Å²) in [4.78, 5) is 26.3. The first-order valence-corrected chi connectivity index (χ1v) is 11.6. The molecule has 0 bridgehead atoms. The molecule has 0 saturated heterocycles. The molecule has 0 fully saturated rings. The monoisotopic (exact) mass is 470 g/mol. The summed E-state index contributed by atoms with van der Waals surface area (Å²) in [5, 5.41) is 29.7. The SMILES string of the molecule is CC(C)(C(=O)N[C@H](CO)c1ccc2ccccc2c1)C(=O)N[C@H](CO)c1ccc2ccccc2c1. The Kier molecular flexibility index (Phi) is 7.15. The molecule has 4 N–H and O–H groups in total. The minimum atomic E-state index is -1.44. The van der Waals surface area contributed by atoms with Gasteiger partial charge in [0.1, 0.15) is 5.41 Å². The minimum Gasteiger partial charge on any atom is -0.394 e. The van der Waals surface area contributed by atoms with Gasteiger partial charge in [0.05, 0.1) is 25.3 Å². The number of amides is 2. The Morgan fingerprint density at radius 1 is 0.657 bits per heavy atom. The van der Waals surface area contributed by atoms with E-state index in [-0.39, 0.29) is 13.2 Å². The van der Waals surface area contributed by atoms with Gasteiger partial charge in [0.2, 0.25) is 11.8 Å². The summed E-state index contributed by atoms with van der Waals surface area (Å²) in [6.07, 6.45) is 0. The van der Waals surface area contributed by atoms with Crippen LogP contribution in [-0.2, 0) is 9.59 Å². The average Bonchev–Trinajstić information content (AvgIpc) is 2.89. The van der Waals surface area contributed by atoms with E-state index in [0.717, 1.165) is 32.7 Å². The van der Waals surface area contributed by atoms with Crippen molar-refractivity contribution in [3.63, 3.8) is 0 Å². The van der Waals surface area contributed by atoms with E-state index in [1.165, 1.54) is 13.8 Å². The van der Waals surface area contributed by atoms with Crippen molar-refractivity contribution in [3.8, 4) is 0 Å². The molecule has 0 unspecified atom stereocenters. The number of benzene rings is 4. The largest absolute Gasteiger partial charge is 0.394 e. The highest BCUT2D eigenvalue weighted by Crippen LogP contribution is 2.25. The molecule has 4 aromatic carbocycles. The molecule has 0 spiro atoms. The van der Waals surface area contributed by atoms with E-state index in [2.05, 4.69) is 10.6 Å². The lowest BCUT2D eigenvalue weighted by atomic mass is 9.89. The highest BCUT2D eigenvalue weighted by molar-refractivity contribution is 6.04. The summed E-state index contributed by atoms with van der Waals surface area (Å²) < 4.78 is 0. The third-order valence-electron chi connectivity index (χ3n) is 6.46. The lowest BCUT2D eigenvalue weighted by molar-refractivity contribution is -0.142. The van der Waals surface area contributed by atoms with Gasteiger partial charge in [-0.15, -0.1) is 0 Å². The fraction of sp³-hybridized carbons (Fsp3) is 0.241. The van der Waals surface area contributed by atoms with Gasteiger partial charge in [-0.25, -0.2) is 0 Å². The second kappa shape index (κ2) is 10.3. The maximum absolute atomic E-state index is 13.1. The van der Waals surface area contributed by atoms with Gasteiger partial charge in [0, 0.05) is 0 Å². The van der Waals surface area contributed by atoms with Gasteiger partial charge < -0.3 is 20.8 Å². The highest BCUT2D eigenvalue weighted by Gasteiger charge is 2.38. The predicted octanol–water partition coefficient (Wildman–Crippen LogP) is 4.02. The zero-order valence-corrected chi connectivity index (χ0v) is 19.9. The van der Waals surface area contributed by atoms with E-state index in [4.69, 9.17) is 0 Å². The lowest BCUT2D eigenvalue weighted by Gasteiger charge is -2.28. The van der Waals surface area contributed by atoms with Crippen molar-refractivity contribution in [2.45, 2.75) is 25.9 Å². The zero-order valence-electron chi connectivity index (χ0n) is 19.9. The van der Waals surface area contributed by atoms with Crippen molar-refractivity contribution >= 4 is 33.4 Å². The van der Waals surface area contributed by atoms with Gasteiger partial charge in [-0.1, -0.05) is 72.8 Å². The first kappa shape index (κ1) is 24.4. The van der Waals surface area contributed by atoms with Crippen LogP contribution in [0, 0.1) is 5.41 Å². The average molecular weight is 471 g/mol. The van der Waals surface area contributed by atoms with Gasteiger partial charge in [-0.05, 0) is 58.7 Å². The smallest absolute Gasteiger partial charge is 0.235 e. The fourth-order valence-electron chi connectivity index (χ4n) is 4.10.